The Bertz CT molecular complexity index is 894. The maximum absolute atomic E-state index is 12.2. The number of ether oxygens (including phenoxy) is 2. The molecule has 192 valence electrons. The predicted molar refractivity (Wildman–Crippen MR) is 138 cm³/mol. The molecule has 1 fully saturated rings. The monoisotopic (exact) mass is 484 g/mol. The van der Waals surface area contributed by atoms with Crippen LogP contribution in [0.15, 0.2) is 29.3 Å². The summed E-state index contributed by atoms with van der Waals surface area (Å²) in [6.45, 7) is 6.76. The molecular formula is C27H40N4O4. The molecule has 0 spiro atoms. The highest BCUT2D eigenvalue weighted by molar-refractivity contribution is 5.98. The zero-order valence-corrected chi connectivity index (χ0v) is 21.4. The third-order valence-corrected chi connectivity index (χ3v) is 6.47. The van der Waals surface area contributed by atoms with Crippen LogP contribution in [0.25, 0.3) is 0 Å². The molecule has 2 heterocycles. The lowest BCUT2D eigenvalue weighted by Gasteiger charge is -2.37. The minimum atomic E-state index is -0.227. The van der Waals surface area contributed by atoms with Gasteiger partial charge in [0.05, 0.1) is 12.1 Å². The number of nitrogens with zero attached hydrogens (tertiary/aromatic N) is 2. The van der Waals surface area contributed by atoms with E-state index in [4.69, 9.17) is 15.2 Å². The minimum Gasteiger partial charge on any atom is -0.487 e. The lowest BCUT2D eigenvalue weighted by molar-refractivity contribution is -0.130. The number of para-hydroxylation sites is 1. The molecule has 0 bridgehead atoms. The number of terminal acetylenes is 1. The van der Waals surface area contributed by atoms with Crippen LogP contribution >= 0.6 is 0 Å². The summed E-state index contributed by atoms with van der Waals surface area (Å²) >= 11 is 0. The Labute approximate surface area is 209 Å². The molecule has 1 aromatic carbocycles. The van der Waals surface area contributed by atoms with Gasteiger partial charge in [0.15, 0.2) is 5.96 Å². The molecule has 1 aromatic rings. The van der Waals surface area contributed by atoms with Crippen LogP contribution in [0.2, 0.25) is 0 Å². The van der Waals surface area contributed by atoms with Gasteiger partial charge in [-0.25, -0.2) is 4.99 Å². The number of rotatable bonds is 8. The Kier molecular flexibility index (Phi) is 10.6. The van der Waals surface area contributed by atoms with Gasteiger partial charge >= 0.3 is 0 Å². The highest BCUT2D eigenvalue weighted by Crippen LogP contribution is 2.39. The van der Waals surface area contributed by atoms with E-state index in [1.807, 2.05) is 45.0 Å². The second kappa shape index (κ2) is 13.1. The van der Waals surface area contributed by atoms with E-state index in [1.54, 1.807) is 12.0 Å². The van der Waals surface area contributed by atoms with Crippen molar-refractivity contribution < 1.29 is 19.1 Å². The van der Waals surface area contributed by atoms with Crippen molar-refractivity contribution in [3.05, 3.63) is 29.8 Å². The van der Waals surface area contributed by atoms with E-state index in [2.05, 4.69) is 23.2 Å². The van der Waals surface area contributed by atoms with Crippen molar-refractivity contribution in [2.45, 2.75) is 83.0 Å². The number of nitrogens with two attached hydrogens (primary N) is 1. The summed E-state index contributed by atoms with van der Waals surface area (Å²) in [6, 6.07) is 8.14. The van der Waals surface area contributed by atoms with E-state index in [0.29, 0.717) is 24.9 Å². The first-order valence-electron chi connectivity index (χ1n) is 12.2. The summed E-state index contributed by atoms with van der Waals surface area (Å²) in [5.41, 5.74) is 6.82. The fraction of sp³-hybridized carbons (Fsp3) is 0.593. The van der Waals surface area contributed by atoms with Gasteiger partial charge in [-0.3, -0.25) is 14.5 Å². The zero-order valence-electron chi connectivity index (χ0n) is 21.4. The molecule has 1 aliphatic carbocycles. The number of carbonyl (C=O) groups excluding carboxylic acids is 2. The Morgan fingerprint density at radius 1 is 1.34 bits per heavy atom. The molecule has 3 N–H and O–H groups in total. The number of fused-ring (bicyclic) bond motifs is 1. The third-order valence-electron chi connectivity index (χ3n) is 6.47. The summed E-state index contributed by atoms with van der Waals surface area (Å²) in [4.78, 5) is 28.9. The Morgan fingerprint density at radius 3 is 2.60 bits per heavy atom. The minimum absolute atomic E-state index is 0.0578. The maximum atomic E-state index is 12.2. The summed E-state index contributed by atoms with van der Waals surface area (Å²) < 4.78 is 11.0. The molecule has 3 aliphatic rings. The van der Waals surface area contributed by atoms with Gasteiger partial charge in [-0.05, 0) is 51.5 Å². The zero-order chi connectivity index (χ0) is 26.0. The molecule has 3 atom stereocenters. The summed E-state index contributed by atoms with van der Waals surface area (Å²) in [5.74, 6) is 1.98. The number of hydrogen-bond acceptors (Lipinski definition) is 6. The quantitative estimate of drug-likeness (QED) is 0.434. The standard InChI is InChI=1S/C13H23N3O2.C12H15NO2.C2H2/c1-3-10-8-12(17)16(13(14)15-10)11(6-7-18-2)9-4-5-9;1-12(2)7-10(13-8-14)9-5-3-4-6-11(9)15-12;1-2/h9-11H,3-8H2,1-2H3,(H2,14,15);3-6,8,10H,7H2,1-2H3,(H,13,14);1-2H/t10-,11+;10-;/m10./s1. The van der Waals surface area contributed by atoms with Crippen LogP contribution in [-0.2, 0) is 14.3 Å². The molecule has 1 saturated carbocycles. The van der Waals surface area contributed by atoms with Crippen LogP contribution in [0.1, 0.15) is 70.9 Å². The average molecular weight is 485 g/mol. The van der Waals surface area contributed by atoms with Crippen molar-refractivity contribution in [3.63, 3.8) is 0 Å². The molecular weight excluding hydrogens is 444 g/mol. The van der Waals surface area contributed by atoms with Gasteiger partial charge in [0.1, 0.15) is 11.4 Å². The number of guanidine groups is 1. The van der Waals surface area contributed by atoms with Gasteiger partial charge in [-0.2, -0.15) is 0 Å². The van der Waals surface area contributed by atoms with Gasteiger partial charge in [-0.1, -0.05) is 25.1 Å². The largest absolute Gasteiger partial charge is 0.487 e. The van der Waals surface area contributed by atoms with E-state index in [-0.39, 0.29) is 29.6 Å². The molecule has 4 rings (SSSR count). The number of amides is 2. The molecule has 2 aliphatic heterocycles. The molecule has 0 aromatic heterocycles. The highest BCUT2D eigenvalue weighted by atomic mass is 16.5. The van der Waals surface area contributed by atoms with E-state index >= 15 is 0 Å². The fourth-order valence-electron chi connectivity index (χ4n) is 4.64. The first kappa shape index (κ1) is 28.2. The smallest absolute Gasteiger partial charge is 0.231 e. The number of hydrogen-bond donors (Lipinski definition) is 2. The SMILES string of the molecule is C#C.CC1(C)C[C@H](NC=O)c2ccccc2O1.CC[C@@H]1CC(=O)N([C@@H](CCOC)C2CC2)C(N)=N1. The van der Waals surface area contributed by atoms with Crippen LogP contribution in [-0.4, -0.2) is 54.6 Å². The van der Waals surface area contributed by atoms with Crippen molar-refractivity contribution in [1.29, 1.82) is 0 Å². The highest BCUT2D eigenvalue weighted by Gasteiger charge is 2.40. The molecule has 0 unspecified atom stereocenters. The van der Waals surface area contributed by atoms with E-state index in [0.717, 1.165) is 37.0 Å². The molecule has 0 radical (unpaired) electrons. The lowest BCUT2D eigenvalue weighted by Crippen LogP contribution is -2.53. The summed E-state index contributed by atoms with van der Waals surface area (Å²) in [7, 11) is 1.69. The lowest BCUT2D eigenvalue weighted by atomic mass is 9.90. The van der Waals surface area contributed by atoms with Crippen molar-refractivity contribution in [3.8, 4) is 18.6 Å². The van der Waals surface area contributed by atoms with Crippen LogP contribution in [0.5, 0.6) is 5.75 Å². The van der Waals surface area contributed by atoms with Crippen molar-refractivity contribution in [2.75, 3.05) is 13.7 Å². The van der Waals surface area contributed by atoms with Crippen LogP contribution in [0.4, 0.5) is 0 Å². The van der Waals surface area contributed by atoms with Crippen LogP contribution in [0, 0.1) is 18.8 Å². The van der Waals surface area contributed by atoms with Gasteiger partial charge in [0.25, 0.3) is 0 Å². The van der Waals surface area contributed by atoms with Gasteiger partial charge < -0.3 is 20.5 Å². The molecule has 2 amide bonds. The Hall–Kier alpha value is -3.05. The van der Waals surface area contributed by atoms with Crippen molar-refractivity contribution in [1.82, 2.24) is 10.2 Å². The molecule has 8 heteroatoms. The van der Waals surface area contributed by atoms with Crippen LogP contribution < -0.4 is 15.8 Å². The predicted octanol–water partition coefficient (Wildman–Crippen LogP) is 3.41. The summed E-state index contributed by atoms with van der Waals surface area (Å²) in [6.07, 6.45) is 14.1. The Morgan fingerprint density at radius 2 is 2.03 bits per heavy atom. The van der Waals surface area contributed by atoms with Crippen molar-refractivity contribution in [2.24, 2.45) is 16.6 Å². The normalized spacial score (nSPS) is 23.1. The van der Waals surface area contributed by atoms with Crippen molar-refractivity contribution >= 4 is 18.3 Å². The second-order valence-corrected chi connectivity index (χ2v) is 9.64. The van der Waals surface area contributed by atoms with E-state index in [1.165, 1.54) is 12.8 Å². The van der Waals surface area contributed by atoms with Gasteiger partial charge in [0.2, 0.25) is 12.3 Å². The maximum Gasteiger partial charge on any atom is 0.231 e. The second-order valence-electron chi connectivity index (χ2n) is 9.64. The Balaban J connectivity index is 0.000000234. The number of aliphatic imine (C=N–C) groups is 1. The topological polar surface area (TPSA) is 106 Å². The molecule has 8 nitrogen and oxygen atoms in total. The first-order chi connectivity index (χ1) is 16.8. The number of benzene rings is 1. The van der Waals surface area contributed by atoms with Gasteiger partial charge in [-0.15, -0.1) is 12.8 Å². The first-order valence-corrected chi connectivity index (χ1v) is 12.2. The van der Waals surface area contributed by atoms with E-state index in [9.17, 15) is 9.59 Å². The average Bonchev–Trinajstić information content (AvgIpc) is 3.67. The van der Waals surface area contributed by atoms with Crippen LogP contribution in [0.3, 0.4) is 0 Å². The third kappa shape index (κ3) is 7.72. The van der Waals surface area contributed by atoms with E-state index < -0.39 is 0 Å². The molecule has 35 heavy (non-hydrogen) atoms. The number of methoxy groups -OCH3 is 1. The summed E-state index contributed by atoms with van der Waals surface area (Å²) in [5, 5.41) is 2.84. The number of nitrogens with one attached hydrogen (secondary N) is 1. The molecule has 0 saturated heterocycles. The van der Waals surface area contributed by atoms with Gasteiger partial charge in [0, 0.05) is 38.2 Å². The fourth-order valence-corrected chi connectivity index (χ4v) is 4.64. The number of carbonyl (C=O) groups is 2.